The highest BCUT2D eigenvalue weighted by Gasteiger charge is 2.58. The summed E-state index contributed by atoms with van der Waals surface area (Å²) in [4.78, 5) is 43.6. The van der Waals surface area contributed by atoms with Gasteiger partial charge in [-0.3, -0.25) is 19.4 Å². The second kappa shape index (κ2) is 9.83. The number of carbonyl (C=O) groups is 3. The van der Waals surface area contributed by atoms with Gasteiger partial charge in [0.05, 0.1) is 7.11 Å². The zero-order chi connectivity index (χ0) is 21.7. The van der Waals surface area contributed by atoms with Crippen LogP contribution in [0.15, 0.2) is 30.3 Å². The number of amides is 3. The summed E-state index contributed by atoms with van der Waals surface area (Å²) in [5.41, 5.74) is 0.250. The Labute approximate surface area is 182 Å². The van der Waals surface area contributed by atoms with E-state index in [1.807, 2.05) is 42.1 Å². The quantitative estimate of drug-likeness (QED) is 0.463. The van der Waals surface area contributed by atoms with Gasteiger partial charge in [0.25, 0.3) is 5.91 Å². The van der Waals surface area contributed by atoms with E-state index in [0.717, 1.165) is 29.3 Å². The minimum absolute atomic E-state index is 0.261. The molecule has 0 unspecified atom stereocenters. The Morgan fingerprint density at radius 1 is 1.20 bits per heavy atom. The molecule has 1 aromatic rings. The number of piperidine rings is 1. The Hall–Kier alpha value is -2.06. The maximum absolute atomic E-state index is 13.4. The molecule has 8 heteroatoms. The molecule has 2 heterocycles. The average molecular weight is 434 g/mol. The molecule has 3 amide bonds. The molecule has 2 aliphatic rings. The van der Waals surface area contributed by atoms with E-state index in [0.29, 0.717) is 31.8 Å². The van der Waals surface area contributed by atoms with Gasteiger partial charge in [-0.05, 0) is 38.0 Å². The van der Waals surface area contributed by atoms with Gasteiger partial charge in [-0.1, -0.05) is 30.3 Å². The zero-order valence-electron chi connectivity index (χ0n) is 18.0. The van der Waals surface area contributed by atoms with Crippen molar-refractivity contribution in [2.45, 2.75) is 37.8 Å². The van der Waals surface area contributed by atoms with Crippen molar-refractivity contribution in [2.75, 3.05) is 45.3 Å². The maximum Gasteiger partial charge on any atom is 0.328 e. The third kappa shape index (κ3) is 4.49. The van der Waals surface area contributed by atoms with Gasteiger partial charge in [-0.15, -0.1) is 0 Å². The highest BCUT2D eigenvalue weighted by atomic mass is 32.2. The van der Waals surface area contributed by atoms with Gasteiger partial charge in [0.1, 0.15) is 12.1 Å². The van der Waals surface area contributed by atoms with Crippen LogP contribution in [0.5, 0.6) is 0 Å². The van der Waals surface area contributed by atoms with Crippen LogP contribution >= 0.6 is 11.8 Å². The van der Waals surface area contributed by atoms with Crippen molar-refractivity contribution in [3.63, 3.8) is 0 Å². The average Bonchev–Trinajstić information content (AvgIpc) is 2.94. The lowest BCUT2D eigenvalue weighted by atomic mass is 9.85. The molecule has 0 N–H and O–H groups in total. The Morgan fingerprint density at radius 3 is 2.47 bits per heavy atom. The number of rotatable bonds is 8. The molecule has 0 bridgehead atoms. The second-order valence-corrected chi connectivity index (χ2v) is 8.92. The Kier molecular flexibility index (Phi) is 7.41. The van der Waals surface area contributed by atoms with Crippen LogP contribution in [0.4, 0.5) is 4.79 Å². The van der Waals surface area contributed by atoms with Gasteiger partial charge in [-0.2, -0.15) is 11.8 Å². The molecule has 164 valence electrons. The summed E-state index contributed by atoms with van der Waals surface area (Å²) in [5, 5.41) is 0. The van der Waals surface area contributed by atoms with Crippen molar-refractivity contribution in [2.24, 2.45) is 0 Å². The van der Waals surface area contributed by atoms with Crippen LogP contribution in [0.2, 0.25) is 0 Å². The molecule has 2 aliphatic heterocycles. The first-order valence-corrected chi connectivity index (χ1v) is 11.8. The number of esters is 1. The number of thioether (sulfide) groups is 1. The van der Waals surface area contributed by atoms with Crippen molar-refractivity contribution >= 4 is 29.7 Å². The lowest BCUT2D eigenvalue weighted by molar-refractivity contribution is -0.146. The van der Waals surface area contributed by atoms with E-state index in [2.05, 4.69) is 18.1 Å². The smallest absolute Gasteiger partial charge is 0.328 e. The number of imide groups is 1. The largest absolute Gasteiger partial charge is 0.468 e. The lowest BCUT2D eigenvalue weighted by Gasteiger charge is -2.44. The van der Waals surface area contributed by atoms with Crippen molar-refractivity contribution in [3.8, 4) is 0 Å². The number of hydrogen-bond acceptors (Lipinski definition) is 6. The molecule has 1 aromatic carbocycles. The summed E-state index contributed by atoms with van der Waals surface area (Å²) >= 11 is 1.81. The van der Waals surface area contributed by atoms with Crippen LogP contribution in [0.25, 0.3) is 0 Å². The predicted octanol–water partition coefficient (Wildman–Crippen LogP) is 2.25. The number of hydrogen-bond donors (Lipinski definition) is 0. The highest BCUT2D eigenvalue weighted by Crippen LogP contribution is 2.38. The van der Waals surface area contributed by atoms with Crippen LogP contribution in [0.3, 0.4) is 0 Å². The number of urea groups is 1. The van der Waals surface area contributed by atoms with Gasteiger partial charge in [0, 0.05) is 31.4 Å². The van der Waals surface area contributed by atoms with E-state index in [1.54, 1.807) is 4.90 Å². The van der Waals surface area contributed by atoms with E-state index in [4.69, 9.17) is 4.74 Å². The minimum atomic E-state index is -0.866. The number of benzene rings is 1. The van der Waals surface area contributed by atoms with Gasteiger partial charge in [0.2, 0.25) is 0 Å². The van der Waals surface area contributed by atoms with E-state index in [9.17, 15) is 14.4 Å². The third-order valence-corrected chi connectivity index (χ3v) is 7.08. The summed E-state index contributed by atoms with van der Waals surface area (Å²) in [6, 6.07) is 9.98. The summed E-state index contributed by atoms with van der Waals surface area (Å²) in [6.07, 6.45) is 3.93. The number of methoxy groups -OCH3 is 1. The fourth-order valence-electron chi connectivity index (χ4n) is 4.48. The van der Waals surface area contributed by atoms with Gasteiger partial charge >= 0.3 is 12.0 Å². The Bertz CT molecular complexity index is 765. The van der Waals surface area contributed by atoms with Crippen molar-refractivity contribution in [1.29, 1.82) is 0 Å². The number of nitrogens with zero attached hydrogens (tertiary/aromatic N) is 3. The number of carbonyl (C=O) groups excluding carboxylic acids is 3. The first-order valence-electron chi connectivity index (χ1n) is 10.4. The van der Waals surface area contributed by atoms with Crippen LogP contribution in [-0.2, 0) is 20.7 Å². The normalized spacial score (nSPS) is 20.1. The van der Waals surface area contributed by atoms with Crippen molar-refractivity contribution in [1.82, 2.24) is 14.7 Å². The SMILES string of the molecule is COC(=O)CN1C(=O)N(CCc2ccccc2)C2(CCN([C@@H](C)CSC)CC2)C1=O. The molecule has 2 saturated heterocycles. The molecule has 0 aromatic heterocycles. The van der Waals surface area contributed by atoms with E-state index >= 15 is 0 Å². The van der Waals surface area contributed by atoms with E-state index in [1.165, 1.54) is 7.11 Å². The molecular weight excluding hydrogens is 402 g/mol. The minimum Gasteiger partial charge on any atom is -0.468 e. The lowest BCUT2D eigenvalue weighted by Crippen LogP contribution is -2.58. The summed E-state index contributed by atoms with van der Waals surface area (Å²) in [5.74, 6) is 0.192. The Balaban J connectivity index is 1.80. The molecule has 7 nitrogen and oxygen atoms in total. The Morgan fingerprint density at radius 2 is 1.87 bits per heavy atom. The summed E-state index contributed by atoms with van der Waals surface area (Å²) in [7, 11) is 1.27. The van der Waals surface area contributed by atoms with Gasteiger partial charge < -0.3 is 9.64 Å². The van der Waals surface area contributed by atoms with Gasteiger partial charge in [-0.25, -0.2) is 4.79 Å². The predicted molar refractivity (Wildman–Crippen MR) is 117 cm³/mol. The van der Waals surface area contributed by atoms with Crippen LogP contribution < -0.4 is 0 Å². The first kappa shape index (κ1) is 22.6. The molecule has 3 rings (SSSR count). The molecule has 1 atom stereocenters. The van der Waals surface area contributed by atoms with E-state index < -0.39 is 11.5 Å². The highest BCUT2D eigenvalue weighted by molar-refractivity contribution is 7.98. The van der Waals surface area contributed by atoms with Crippen LogP contribution in [0, 0.1) is 0 Å². The molecular formula is C22H31N3O4S. The fourth-order valence-corrected chi connectivity index (χ4v) is 5.17. The second-order valence-electron chi connectivity index (χ2n) is 8.01. The number of ether oxygens (including phenoxy) is 1. The van der Waals surface area contributed by atoms with Crippen LogP contribution in [0.1, 0.15) is 25.3 Å². The first-order chi connectivity index (χ1) is 14.4. The topological polar surface area (TPSA) is 70.2 Å². The monoisotopic (exact) mass is 433 g/mol. The zero-order valence-corrected chi connectivity index (χ0v) is 18.8. The van der Waals surface area contributed by atoms with Crippen molar-refractivity contribution < 1.29 is 19.1 Å². The maximum atomic E-state index is 13.4. The molecule has 1 spiro atoms. The fraction of sp³-hybridized carbons (Fsp3) is 0.591. The third-order valence-electron chi connectivity index (χ3n) is 6.26. The van der Waals surface area contributed by atoms with Gasteiger partial charge in [0.15, 0.2) is 0 Å². The molecule has 30 heavy (non-hydrogen) atoms. The molecule has 0 saturated carbocycles. The molecule has 0 radical (unpaired) electrons. The number of likely N-dealkylation sites (tertiary alicyclic amines) is 1. The van der Waals surface area contributed by atoms with Crippen molar-refractivity contribution in [3.05, 3.63) is 35.9 Å². The standard InChI is InChI=1S/C22H31N3O4S/c1-17(16-30-3)23-13-10-22(11-14-23)20(27)24(15-19(26)29-2)21(28)25(22)12-9-18-7-5-4-6-8-18/h4-8,17H,9-16H2,1-3H3/t17-/m0/s1. The molecule has 0 aliphatic carbocycles. The molecule has 2 fully saturated rings. The summed E-state index contributed by atoms with van der Waals surface area (Å²) < 4.78 is 4.71. The van der Waals surface area contributed by atoms with Crippen LogP contribution in [-0.4, -0.2) is 89.5 Å². The van der Waals surface area contributed by atoms with E-state index in [-0.39, 0.29) is 18.5 Å². The summed E-state index contributed by atoms with van der Waals surface area (Å²) in [6.45, 7) is 3.84.